The second-order valence-corrected chi connectivity index (χ2v) is 6.43. The Morgan fingerprint density at radius 1 is 1.48 bits per heavy atom. The Labute approximate surface area is 130 Å². The van der Waals surface area contributed by atoms with Crippen LogP contribution in [0.25, 0.3) is 0 Å². The van der Waals surface area contributed by atoms with Crippen LogP contribution in [0.5, 0.6) is 0 Å². The van der Waals surface area contributed by atoms with Crippen molar-refractivity contribution in [2.45, 2.75) is 30.7 Å². The lowest BCUT2D eigenvalue weighted by Crippen LogP contribution is -2.45. The van der Waals surface area contributed by atoms with Crippen LogP contribution in [-0.2, 0) is 14.9 Å². The number of amides is 1. The minimum Gasteiger partial charge on any atom is -0.378 e. The van der Waals surface area contributed by atoms with Crippen LogP contribution < -0.4 is 10.6 Å². The van der Waals surface area contributed by atoms with Crippen LogP contribution in [0.4, 0.5) is 0 Å². The maximum Gasteiger partial charge on any atom is 0.221 e. The molecule has 0 bridgehead atoms. The number of benzene rings is 1. The molecule has 2 fully saturated rings. The van der Waals surface area contributed by atoms with Crippen molar-refractivity contribution in [3.63, 3.8) is 0 Å². The van der Waals surface area contributed by atoms with Gasteiger partial charge in [-0.3, -0.25) is 4.79 Å². The molecule has 2 aliphatic rings. The van der Waals surface area contributed by atoms with Gasteiger partial charge in [0.15, 0.2) is 0 Å². The monoisotopic (exact) mass is 308 g/mol. The molecule has 0 radical (unpaired) electrons. The molecule has 114 valence electrons. The van der Waals surface area contributed by atoms with Crippen LogP contribution in [0.15, 0.2) is 24.3 Å². The first-order chi connectivity index (χ1) is 10.2. The zero-order chi connectivity index (χ0) is 14.7. The lowest BCUT2D eigenvalue weighted by Gasteiger charge is -2.24. The van der Waals surface area contributed by atoms with E-state index in [1.165, 1.54) is 5.56 Å². The normalized spacial score (nSPS) is 23.6. The molecule has 21 heavy (non-hydrogen) atoms. The van der Waals surface area contributed by atoms with Gasteiger partial charge in [-0.1, -0.05) is 23.7 Å². The van der Waals surface area contributed by atoms with E-state index in [-0.39, 0.29) is 17.4 Å². The topological polar surface area (TPSA) is 50.4 Å². The van der Waals surface area contributed by atoms with Gasteiger partial charge in [-0.25, -0.2) is 0 Å². The number of halogens is 1. The fraction of sp³-hybridized carbons (Fsp3) is 0.562. The summed E-state index contributed by atoms with van der Waals surface area (Å²) in [5, 5.41) is 7.13. The van der Waals surface area contributed by atoms with Gasteiger partial charge in [-0.05, 0) is 30.5 Å². The van der Waals surface area contributed by atoms with Gasteiger partial charge in [0.2, 0.25) is 5.91 Å². The highest BCUT2D eigenvalue weighted by Gasteiger charge is 2.44. The standard InChI is InChI=1S/C16H21ClN2O2/c17-13-3-1-2-12(8-13)16(4-5-16)11-19-15(20)9-14-10-21-7-6-18-14/h1-3,8,14,18H,4-7,9-11H2,(H,19,20). The van der Waals surface area contributed by atoms with Crippen LogP contribution in [0.3, 0.4) is 0 Å². The first-order valence-electron chi connectivity index (χ1n) is 7.52. The van der Waals surface area contributed by atoms with E-state index >= 15 is 0 Å². The molecule has 1 aliphatic carbocycles. The zero-order valence-electron chi connectivity index (χ0n) is 12.0. The Morgan fingerprint density at radius 3 is 3.00 bits per heavy atom. The van der Waals surface area contributed by atoms with Crippen molar-refractivity contribution < 1.29 is 9.53 Å². The van der Waals surface area contributed by atoms with Crippen molar-refractivity contribution in [3.05, 3.63) is 34.9 Å². The third kappa shape index (κ3) is 3.76. The van der Waals surface area contributed by atoms with Crippen molar-refractivity contribution in [2.75, 3.05) is 26.3 Å². The van der Waals surface area contributed by atoms with Gasteiger partial charge in [0.05, 0.1) is 13.2 Å². The lowest BCUT2D eigenvalue weighted by molar-refractivity contribution is -0.122. The Bertz CT molecular complexity index is 511. The van der Waals surface area contributed by atoms with Crippen LogP contribution >= 0.6 is 11.6 Å². The summed E-state index contributed by atoms with van der Waals surface area (Å²) in [6.07, 6.45) is 2.70. The summed E-state index contributed by atoms with van der Waals surface area (Å²) < 4.78 is 5.37. The number of hydrogen-bond donors (Lipinski definition) is 2. The quantitative estimate of drug-likeness (QED) is 0.873. The summed E-state index contributed by atoms with van der Waals surface area (Å²) >= 11 is 6.06. The van der Waals surface area contributed by atoms with Gasteiger partial charge in [0.1, 0.15) is 0 Å². The molecule has 5 heteroatoms. The minimum atomic E-state index is 0.0892. The highest BCUT2D eigenvalue weighted by atomic mass is 35.5. The molecule has 1 aliphatic heterocycles. The number of ether oxygens (including phenoxy) is 1. The third-order valence-electron chi connectivity index (χ3n) is 4.34. The van der Waals surface area contributed by atoms with Crippen molar-refractivity contribution in [3.8, 4) is 0 Å². The van der Waals surface area contributed by atoms with Crippen LogP contribution in [0, 0.1) is 0 Å². The number of carbonyl (C=O) groups is 1. The molecular weight excluding hydrogens is 288 g/mol. The summed E-state index contributed by atoms with van der Waals surface area (Å²) in [7, 11) is 0. The number of morpholine rings is 1. The molecule has 1 atom stereocenters. The van der Waals surface area contributed by atoms with Gasteiger partial charge >= 0.3 is 0 Å². The molecule has 1 heterocycles. The van der Waals surface area contributed by atoms with Crippen LogP contribution in [0.2, 0.25) is 5.02 Å². The summed E-state index contributed by atoms with van der Waals surface area (Å²) in [4.78, 5) is 12.1. The molecule has 1 aromatic carbocycles. The lowest BCUT2D eigenvalue weighted by atomic mass is 9.96. The smallest absolute Gasteiger partial charge is 0.221 e. The zero-order valence-corrected chi connectivity index (χ0v) is 12.8. The maximum absolute atomic E-state index is 12.1. The van der Waals surface area contributed by atoms with Crippen molar-refractivity contribution in [1.29, 1.82) is 0 Å². The fourth-order valence-corrected chi connectivity index (χ4v) is 3.04. The maximum atomic E-state index is 12.1. The molecule has 1 saturated heterocycles. The molecule has 1 amide bonds. The minimum absolute atomic E-state index is 0.0892. The molecule has 1 unspecified atom stereocenters. The first kappa shape index (κ1) is 14.8. The van der Waals surface area contributed by atoms with Crippen LogP contribution in [-0.4, -0.2) is 38.3 Å². The Hall–Kier alpha value is -1.10. The first-order valence-corrected chi connectivity index (χ1v) is 7.90. The predicted octanol–water partition coefficient (Wildman–Crippen LogP) is 1.87. The molecule has 2 N–H and O–H groups in total. The third-order valence-corrected chi connectivity index (χ3v) is 4.58. The Balaban J connectivity index is 1.51. The molecule has 0 aromatic heterocycles. The van der Waals surface area contributed by atoms with Gasteiger partial charge < -0.3 is 15.4 Å². The van der Waals surface area contributed by atoms with Gasteiger partial charge in [0, 0.05) is 36.0 Å². The van der Waals surface area contributed by atoms with Gasteiger partial charge in [-0.2, -0.15) is 0 Å². The summed E-state index contributed by atoms with van der Waals surface area (Å²) in [5.41, 5.74) is 1.33. The molecular formula is C16H21ClN2O2. The number of nitrogens with one attached hydrogen (secondary N) is 2. The number of hydrogen-bond acceptors (Lipinski definition) is 3. The highest BCUT2D eigenvalue weighted by Crippen LogP contribution is 2.48. The average Bonchev–Trinajstić information content (AvgIpc) is 3.28. The van der Waals surface area contributed by atoms with Gasteiger partial charge in [0.25, 0.3) is 0 Å². The van der Waals surface area contributed by atoms with Crippen LogP contribution in [0.1, 0.15) is 24.8 Å². The van der Waals surface area contributed by atoms with E-state index in [1.807, 2.05) is 18.2 Å². The summed E-state index contributed by atoms with van der Waals surface area (Å²) in [6, 6.07) is 8.11. The highest BCUT2D eigenvalue weighted by molar-refractivity contribution is 6.30. The van der Waals surface area contributed by atoms with E-state index in [2.05, 4.69) is 16.7 Å². The van der Waals surface area contributed by atoms with E-state index in [0.717, 1.165) is 31.0 Å². The molecule has 3 rings (SSSR count). The number of carbonyl (C=O) groups excluding carboxylic acids is 1. The second-order valence-electron chi connectivity index (χ2n) is 6.00. The summed E-state index contributed by atoms with van der Waals surface area (Å²) in [5.74, 6) is 0.0892. The SMILES string of the molecule is O=C(CC1COCCN1)NCC1(c2cccc(Cl)c2)CC1. The Morgan fingerprint density at radius 2 is 2.33 bits per heavy atom. The van der Waals surface area contributed by atoms with Gasteiger partial charge in [-0.15, -0.1) is 0 Å². The molecule has 0 spiro atoms. The molecule has 1 aromatic rings. The molecule has 1 saturated carbocycles. The fourth-order valence-electron chi connectivity index (χ4n) is 2.85. The Kier molecular flexibility index (Phi) is 4.48. The van der Waals surface area contributed by atoms with Crippen molar-refractivity contribution in [1.82, 2.24) is 10.6 Å². The average molecular weight is 309 g/mol. The number of rotatable bonds is 5. The largest absolute Gasteiger partial charge is 0.378 e. The van der Waals surface area contributed by atoms with E-state index in [9.17, 15) is 4.79 Å². The predicted molar refractivity (Wildman–Crippen MR) is 82.6 cm³/mol. The van der Waals surface area contributed by atoms with E-state index < -0.39 is 0 Å². The second kappa shape index (κ2) is 6.34. The summed E-state index contributed by atoms with van der Waals surface area (Å²) in [6.45, 7) is 2.87. The van der Waals surface area contributed by atoms with Crippen molar-refractivity contribution in [2.24, 2.45) is 0 Å². The van der Waals surface area contributed by atoms with E-state index in [1.54, 1.807) is 0 Å². The molecule has 4 nitrogen and oxygen atoms in total. The van der Waals surface area contributed by atoms with Crippen molar-refractivity contribution >= 4 is 17.5 Å². The van der Waals surface area contributed by atoms with E-state index in [4.69, 9.17) is 16.3 Å². The van der Waals surface area contributed by atoms with E-state index in [0.29, 0.717) is 19.6 Å².